The Morgan fingerprint density at radius 3 is 2.82 bits per heavy atom. The molecule has 1 aromatic rings. The number of ether oxygens (including phenoxy) is 1. The summed E-state index contributed by atoms with van der Waals surface area (Å²) >= 11 is 0. The standard InChI is InChI=1S/C12H16FNO3/c1-3-14-12(16)7-17-11-5-4-9(8(2)15)6-10(11)13/h4-6,8,15H,3,7H2,1-2H3,(H,14,16)/t8-/m1/s1. The minimum Gasteiger partial charge on any atom is -0.481 e. The molecule has 1 amide bonds. The summed E-state index contributed by atoms with van der Waals surface area (Å²) in [7, 11) is 0. The number of rotatable bonds is 5. The lowest BCUT2D eigenvalue weighted by Crippen LogP contribution is -2.28. The summed E-state index contributed by atoms with van der Waals surface area (Å²) in [6.07, 6.45) is -0.734. The van der Waals surface area contributed by atoms with Gasteiger partial charge in [0.05, 0.1) is 6.10 Å². The van der Waals surface area contributed by atoms with Gasteiger partial charge in [0.2, 0.25) is 0 Å². The number of nitrogens with one attached hydrogen (secondary N) is 1. The van der Waals surface area contributed by atoms with Gasteiger partial charge in [-0.1, -0.05) is 6.07 Å². The van der Waals surface area contributed by atoms with Gasteiger partial charge in [-0.3, -0.25) is 4.79 Å². The van der Waals surface area contributed by atoms with Crippen LogP contribution < -0.4 is 10.1 Å². The predicted octanol–water partition coefficient (Wildman–Crippen LogP) is 1.39. The summed E-state index contributed by atoms with van der Waals surface area (Å²) in [4.78, 5) is 11.1. The van der Waals surface area contributed by atoms with E-state index in [0.717, 1.165) is 0 Å². The van der Waals surface area contributed by atoms with Crippen LogP contribution in [0.2, 0.25) is 0 Å². The third-order valence-electron chi connectivity index (χ3n) is 2.17. The number of halogens is 1. The molecule has 0 fully saturated rings. The van der Waals surface area contributed by atoms with Crippen LogP contribution in [-0.4, -0.2) is 24.2 Å². The molecule has 1 aromatic carbocycles. The summed E-state index contributed by atoms with van der Waals surface area (Å²) in [5.74, 6) is -0.889. The molecule has 0 saturated heterocycles. The molecule has 0 aromatic heterocycles. The van der Waals surface area contributed by atoms with Gasteiger partial charge in [0.25, 0.3) is 5.91 Å². The zero-order valence-corrected chi connectivity index (χ0v) is 9.87. The highest BCUT2D eigenvalue weighted by atomic mass is 19.1. The Kier molecular flexibility index (Phi) is 4.90. The minimum absolute atomic E-state index is 0.000605. The van der Waals surface area contributed by atoms with Crippen LogP contribution in [0.3, 0.4) is 0 Å². The molecule has 94 valence electrons. The Morgan fingerprint density at radius 1 is 1.59 bits per heavy atom. The summed E-state index contributed by atoms with van der Waals surface area (Å²) in [6.45, 7) is 3.62. The highest BCUT2D eigenvalue weighted by Gasteiger charge is 2.09. The molecular weight excluding hydrogens is 225 g/mol. The van der Waals surface area contributed by atoms with Gasteiger partial charge in [-0.15, -0.1) is 0 Å². The van der Waals surface area contributed by atoms with E-state index in [9.17, 15) is 14.3 Å². The first kappa shape index (κ1) is 13.4. The zero-order valence-electron chi connectivity index (χ0n) is 9.87. The van der Waals surface area contributed by atoms with Crippen molar-refractivity contribution in [1.82, 2.24) is 5.32 Å². The van der Waals surface area contributed by atoms with Crippen LogP contribution in [0.5, 0.6) is 5.75 Å². The van der Waals surface area contributed by atoms with E-state index in [0.29, 0.717) is 12.1 Å². The Hall–Kier alpha value is -1.62. The molecule has 4 nitrogen and oxygen atoms in total. The molecule has 0 radical (unpaired) electrons. The number of hydrogen-bond acceptors (Lipinski definition) is 3. The van der Waals surface area contributed by atoms with E-state index in [2.05, 4.69) is 5.32 Å². The van der Waals surface area contributed by atoms with Gasteiger partial charge in [-0.25, -0.2) is 4.39 Å². The molecular formula is C12H16FNO3. The molecule has 17 heavy (non-hydrogen) atoms. The maximum absolute atomic E-state index is 13.5. The van der Waals surface area contributed by atoms with Crippen molar-refractivity contribution < 1.29 is 19.0 Å². The Balaban J connectivity index is 2.63. The van der Waals surface area contributed by atoms with Gasteiger partial charge in [-0.05, 0) is 31.5 Å². The molecule has 0 aliphatic rings. The van der Waals surface area contributed by atoms with E-state index < -0.39 is 11.9 Å². The number of aliphatic hydroxyl groups excluding tert-OH is 1. The molecule has 5 heteroatoms. The lowest BCUT2D eigenvalue weighted by Gasteiger charge is -2.09. The fourth-order valence-electron chi connectivity index (χ4n) is 1.29. The van der Waals surface area contributed by atoms with Crippen LogP contribution in [0.4, 0.5) is 4.39 Å². The number of amides is 1. The van der Waals surface area contributed by atoms with Crippen LogP contribution >= 0.6 is 0 Å². The van der Waals surface area contributed by atoms with Crippen molar-refractivity contribution in [2.24, 2.45) is 0 Å². The SMILES string of the molecule is CCNC(=O)COc1ccc([C@@H](C)O)cc1F. The summed E-state index contributed by atoms with van der Waals surface area (Å²) in [5.41, 5.74) is 0.466. The van der Waals surface area contributed by atoms with Crippen molar-refractivity contribution >= 4 is 5.91 Å². The minimum atomic E-state index is -0.734. The second-order valence-corrected chi connectivity index (χ2v) is 3.61. The average Bonchev–Trinajstić information content (AvgIpc) is 2.27. The van der Waals surface area contributed by atoms with Crippen molar-refractivity contribution in [2.45, 2.75) is 20.0 Å². The highest BCUT2D eigenvalue weighted by molar-refractivity contribution is 5.77. The first-order valence-corrected chi connectivity index (χ1v) is 5.41. The number of benzene rings is 1. The number of hydrogen-bond donors (Lipinski definition) is 2. The van der Waals surface area contributed by atoms with Crippen LogP contribution in [0, 0.1) is 5.82 Å². The molecule has 0 unspecified atom stereocenters. The fourth-order valence-corrected chi connectivity index (χ4v) is 1.29. The second kappa shape index (κ2) is 6.20. The quantitative estimate of drug-likeness (QED) is 0.819. The number of aliphatic hydroxyl groups is 1. The molecule has 0 saturated carbocycles. The maximum atomic E-state index is 13.5. The second-order valence-electron chi connectivity index (χ2n) is 3.61. The Bertz CT molecular complexity index is 393. The van der Waals surface area contributed by atoms with Gasteiger partial charge in [0, 0.05) is 6.54 Å². The van der Waals surface area contributed by atoms with Crippen molar-refractivity contribution in [2.75, 3.05) is 13.2 Å². The number of carbonyl (C=O) groups excluding carboxylic acids is 1. The normalized spacial score (nSPS) is 12.0. The summed E-state index contributed by atoms with van der Waals surface area (Å²) in [5, 5.41) is 11.8. The molecule has 2 N–H and O–H groups in total. The monoisotopic (exact) mass is 241 g/mol. The summed E-state index contributed by atoms with van der Waals surface area (Å²) < 4.78 is 18.5. The zero-order chi connectivity index (χ0) is 12.8. The number of likely N-dealkylation sites (N-methyl/N-ethyl adjacent to an activating group) is 1. The van der Waals surface area contributed by atoms with Gasteiger partial charge in [0.1, 0.15) is 0 Å². The smallest absolute Gasteiger partial charge is 0.257 e. The van der Waals surface area contributed by atoms with E-state index in [1.54, 1.807) is 19.9 Å². The molecule has 0 aliphatic heterocycles. The van der Waals surface area contributed by atoms with Crippen LogP contribution in [-0.2, 0) is 4.79 Å². The highest BCUT2D eigenvalue weighted by Crippen LogP contribution is 2.21. The lowest BCUT2D eigenvalue weighted by molar-refractivity contribution is -0.123. The summed E-state index contributed by atoms with van der Waals surface area (Å²) in [6, 6.07) is 4.15. The van der Waals surface area contributed by atoms with Crippen molar-refractivity contribution in [3.8, 4) is 5.75 Å². The molecule has 0 aliphatic carbocycles. The molecule has 0 spiro atoms. The van der Waals surface area contributed by atoms with E-state index >= 15 is 0 Å². The lowest BCUT2D eigenvalue weighted by atomic mass is 10.1. The van der Waals surface area contributed by atoms with Gasteiger partial charge < -0.3 is 15.2 Å². The third-order valence-corrected chi connectivity index (χ3v) is 2.17. The van der Waals surface area contributed by atoms with E-state index in [1.807, 2.05) is 0 Å². The third kappa shape index (κ3) is 4.03. The molecule has 0 heterocycles. The van der Waals surface area contributed by atoms with Crippen molar-refractivity contribution in [1.29, 1.82) is 0 Å². The van der Waals surface area contributed by atoms with Crippen molar-refractivity contribution in [3.63, 3.8) is 0 Å². The maximum Gasteiger partial charge on any atom is 0.257 e. The predicted molar refractivity (Wildman–Crippen MR) is 61.2 cm³/mol. The largest absolute Gasteiger partial charge is 0.481 e. The molecule has 0 bridgehead atoms. The van der Waals surface area contributed by atoms with E-state index in [4.69, 9.17) is 4.74 Å². The average molecular weight is 241 g/mol. The fraction of sp³-hybridized carbons (Fsp3) is 0.417. The topological polar surface area (TPSA) is 58.6 Å². The first-order chi connectivity index (χ1) is 8.04. The first-order valence-electron chi connectivity index (χ1n) is 5.41. The van der Waals surface area contributed by atoms with Gasteiger partial charge in [-0.2, -0.15) is 0 Å². The number of carbonyl (C=O) groups is 1. The van der Waals surface area contributed by atoms with Gasteiger partial charge in [0.15, 0.2) is 18.2 Å². The van der Waals surface area contributed by atoms with E-state index in [1.165, 1.54) is 12.1 Å². The van der Waals surface area contributed by atoms with E-state index in [-0.39, 0.29) is 18.3 Å². The van der Waals surface area contributed by atoms with Gasteiger partial charge >= 0.3 is 0 Å². The van der Waals surface area contributed by atoms with Crippen LogP contribution in [0.1, 0.15) is 25.5 Å². The molecule has 1 atom stereocenters. The molecule has 1 rings (SSSR count). The Labute approximate surface area is 99.4 Å². The van der Waals surface area contributed by atoms with Crippen LogP contribution in [0.15, 0.2) is 18.2 Å². The Morgan fingerprint density at radius 2 is 2.29 bits per heavy atom. The van der Waals surface area contributed by atoms with Crippen molar-refractivity contribution in [3.05, 3.63) is 29.6 Å². The van der Waals surface area contributed by atoms with Crippen LogP contribution in [0.25, 0.3) is 0 Å².